The number of rotatable bonds is 3. The van der Waals surface area contributed by atoms with Gasteiger partial charge in [-0.25, -0.2) is 0 Å². The molecule has 0 aromatic heterocycles. The molecule has 1 heteroatoms. The van der Waals surface area contributed by atoms with Gasteiger partial charge in [0.15, 0.2) is 0 Å². The molecular weight excluding hydrogens is 146 g/mol. The molecule has 1 aromatic carbocycles. The summed E-state index contributed by atoms with van der Waals surface area (Å²) in [6.45, 7) is 4.97. The molecule has 0 aliphatic heterocycles. The molecule has 0 bridgehead atoms. The summed E-state index contributed by atoms with van der Waals surface area (Å²) in [5, 5.41) is 0. The molecule has 0 atom stereocenters. The third-order valence-electron chi connectivity index (χ3n) is 1.79. The first kappa shape index (κ1) is 8.98. The lowest BCUT2D eigenvalue weighted by molar-refractivity contribution is 0.970. The Morgan fingerprint density at radius 3 is 2.92 bits per heavy atom. The van der Waals surface area contributed by atoms with Gasteiger partial charge in [-0.3, -0.25) is 4.99 Å². The van der Waals surface area contributed by atoms with E-state index in [-0.39, 0.29) is 0 Å². The predicted octanol–water partition coefficient (Wildman–Crippen LogP) is 2.63. The second kappa shape index (κ2) is 4.70. The molecule has 0 saturated heterocycles. The van der Waals surface area contributed by atoms with E-state index in [4.69, 9.17) is 0 Å². The zero-order valence-corrected chi connectivity index (χ0v) is 7.75. The minimum atomic E-state index is 0.903. The second-order valence-electron chi connectivity index (χ2n) is 2.90. The van der Waals surface area contributed by atoms with Gasteiger partial charge in [-0.2, -0.15) is 0 Å². The van der Waals surface area contributed by atoms with Gasteiger partial charge >= 0.3 is 0 Å². The van der Waals surface area contributed by atoms with Gasteiger partial charge in [-0.05, 0) is 32.0 Å². The van der Waals surface area contributed by atoms with Crippen LogP contribution in [0.3, 0.4) is 0 Å². The molecule has 0 fully saturated rings. The van der Waals surface area contributed by atoms with Gasteiger partial charge in [0, 0.05) is 6.54 Å². The molecule has 0 unspecified atom stereocenters. The van der Waals surface area contributed by atoms with Crippen molar-refractivity contribution in [3.05, 3.63) is 35.4 Å². The SMILES string of the molecule is CC=NCCc1cccc(C)c1. The fraction of sp³-hybridized carbons (Fsp3) is 0.364. The monoisotopic (exact) mass is 161 g/mol. The van der Waals surface area contributed by atoms with Crippen LogP contribution < -0.4 is 0 Å². The molecule has 0 radical (unpaired) electrons. The summed E-state index contributed by atoms with van der Waals surface area (Å²) in [4.78, 5) is 4.17. The molecule has 0 N–H and O–H groups in total. The Balaban J connectivity index is 2.52. The number of aliphatic imine (C=N–C) groups is 1. The Morgan fingerprint density at radius 1 is 1.42 bits per heavy atom. The van der Waals surface area contributed by atoms with Crippen molar-refractivity contribution in [1.29, 1.82) is 0 Å². The molecule has 0 aliphatic rings. The van der Waals surface area contributed by atoms with E-state index in [0.717, 1.165) is 13.0 Å². The summed E-state index contributed by atoms with van der Waals surface area (Å²) in [5.74, 6) is 0. The second-order valence-corrected chi connectivity index (χ2v) is 2.90. The van der Waals surface area contributed by atoms with Crippen LogP contribution in [0.15, 0.2) is 29.3 Å². The van der Waals surface area contributed by atoms with Crippen LogP contribution >= 0.6 is 0 Å². The van der Waals surface area contributed by atoms with Crippen LogP contribution in [0.2, 0.25) is 0 Å². The minimum Gasteiger partial charge on any atom is -0.297 e. The van der Waals surface area contributed by atoms with Crippen molar-refractivity contribution in [2.45, 2.75) is 20.3 Å². The normalized spacial score (nSPS) is 10.8. The third kappa shape index (κ3) is 2.87. The van der Waals surface area contributed by atoms with E-state index >= 15 is 0 Å². The van der Waals surface area contributed by atoms with Gasteiger partial charge in [0.2, 0.25) is 0 Å². The van der Waals surface area contributed by atoms with Crippen LogP contribution in [0.1, 0.15) is 18.1 Å². The average molecular weight is 161 g/mol. The van der Waals surface area contributed by atoms with Gasteiger partial charge in [0.25, 0.3) is 0 Å². The highest BCUT2D eigenvalue weighted by molar-refractivity contribution is 5.53. The lowest BCUT2D eigenvalue weighted by Crippen LogP contribution is -1.89. The Hall–Kier alpha value is -1.11. The molecule has 0 heterocycles. The molecule has 0 saturated carbocycles. The predicted molar refractivity (Wildman–Crippen MR) is 53.9 cm³/mol. The molecule has 12 heavy (non-hydrogen) atoms. The van der Waals surface area contributed by atoms with Crippen LogP contribution in [0.4, 0.5) is 0 Å². The first-order valence-electron chi connectivity index (χ1n) is 4.33. The van der Waals surface area contributed by atoms with Gasteiger partial charge < -0.3 is 0 Å². The molecule has 0 aliphatic carbocycles. The largest absolute Gasteiger partial charge is 0.297 e. The van der Waals surface area contributed by atoms with Crippen molar-refractivity contribution in [1.82, 2.24) is 0 Å². The lowest BCUT2D eigenvalue weighted by atomic mass is 10.1. The van der Waals surface area contributed by atoms with E-state index in [0.29, 0.717) is 0 Å². The summed E-state index contributed by atoms with van der Waals surface area (Å²) in [5.41, 5.74) is 2.70. The quantitative estimate of drug-likeness (QED) is 0.604. The summed E-state index contributed by atoms with van der Waals surface area (Å²) < 4.78 is 0. The summed E-state index contributed by atoms with van der Waals surface area (Å²) in [6, 6.07) is 8.58. The molecule has 1 aromatic rings. The van der Waals surface area contributed by atoms with Crippen molar-refractivity contribution in [3.8, 4) is 0 Å². The highest BCUT2D eigenvalue weighted by Crippen LogP contribution is 2.04. The van der Waals surface area contributed by atoms with E-state index in [9.17, 15) is 0 Å². The van der Waals surface area contributed by atoms with Crippen molar-refractivity contribution in [2.24, 2.45) is 4.99 Å². The van der Waals surface area contributed by atoms with Crippen LogP contribution in [-0.2, 0) is 6.42 Å². The van der Waals surface area contributed by atoms with Gasteiger partial charge in [0.1, 0.15) is 0 Å². The van der Waals surface area contributed by atoms with E-state index in [1.54, 1.807) is 0 Å². The maximum atomic E-state index is 4.17. The molecule has 0 amide bonds. The number of aryl methyl sites for hydroxylation is 1. The first-order valence-corrected chi connectivity index (χ1v) is 4.33. The molecular formula is C11H15N. The lowest BCUT2D eigenvalue weighted by Gasteiger charge is -1.98. The van der Waals surface area contributed by atoms with Crippen LogP contribution in [0.5, 0.6) is 0 Å². The Bertz CT molecular complexity index is 263. The fourth-order valence-corrected chi connectivity index (χ4v) is 1.19. The Kier molecular flexibility index (Phi) is 3.52. The molecule has 1 rings (SSSR count). The fourth-order valence-electron chi connectivity index (χ4n) is 1.19. The number of nitrogens with zero attached hydrogens (tertiary/aromatic N) is 1. The third-order valence-corrected chi connectivity index (χ3v) is 1.79. The first-order chi connectivity index (χ1) is 5.83. The molecule has 1 nitrogen and oxygen atoms in total. The maximum Gasteiger partial charge on any atom is 0.0425 e. The number of hydrogen-bond acceptors (Lipinski definition) is 1. The van der Waals surface area contributed by atoms with E-state index in [1.807, 2.05) is 13.1 Å². The van der Waals surface area contributed by atoms with Gasteiger partial charge in [0.05, 0.1) is 0 Å². The highest BCUT2D eigenvalue weighted by atomic mass is 14.7. The van der Waals surface area contributed by atoms with Crippen LogP contribution in [0.25, 0.3) is 0 Å². The zero-order valence-electron chi connectivity index (χ0n) is 7.75. The van der Waals surface area contributed by atoms with Crippen molar-refractivity contribution >= 4 is 6.21 Å². The highest BCUT2D eigenvalue weighted by Gasteiger charge is 1.90. The van der Waals surface area contributed by atoms with Crippen LogP contribution in [0, 0.1) is 6.92 Å². The number of benzene rings is 1. The smallest absolute Gasteiger partial charge is 0.0425 e. The number of hydrogen-bond donors (Lipinski definition) is 0. The zero-order chi connectivity index (χ0) is 8.81. The van der Waals surface area contributed by atoms with Crippen molar-refractivity contribution in [3.63, 3.8) is 0 Å². The Labute approximate surface area is 74.2 Å². The van der Waals surface area contributed by atoms with E-state index in [1.165, 1.54) is 11.1 Å². The minimum absolute atomic E-state index is 0.903. The molecule has 64 valence electrons. The van der Waals surface area contributed by atoms with Crippen molar-refractivity contribution in [2.75, 3.05) is 6.54 Å². The van der Waals surface area contributed by atoms with Crippen molar-refractivity contribution < 1.29 is 0 Å². The summed E-state index contributed by atoms with van der Waals surface area (Å²) in [7, 11) is 0. The maximum absolute atomic E-state index is 4.17. The topological polar surface area (TPSA) is 12.4 Å². The van der Waals surface area contributed by atoms with Gasteiger partial charge in [-0.1, -0.05) is 29.8 Å². The average Bonchev–Trinajstić information content (AvgIpc) is 2.05. The molecule has 0 spiro atoms. The van der Waals surface area contributed by atoms with E-state index < -0.39 is 0 Å². The summed E-state index contributed by atoms with van der Waals surface area (Å²) >= 11 is 0. The van der Waals surface area contributed by atoms with Crippen LogP contribution in [-0.4, -0.2) is 12.8 Å². The summed E-state index contributed by atoms with van der Waals surface area (Å²) in [6.07, 6.45) is 2.90. The van der Waals surface area contributed by atoms with Gasteiger partial charge in [-0.15, -0.1) is 0 Å². The van der Waals surface area contributed by atoms with E-state index in [2.05, 4.69) is 36.2 Å². The Morgan fingerprint density at radius 2 is 2.25 bits per heavy atom. The standard InChI is InChI=1S/C11H15N/c1-3-12-8-7-11-6-4-5-10(2)9-11/h3-6,9H,7-8H2,1-2H3.